The summed E-state index contributed by atoms with van der Waals surface area (Å²) in [5, 5.41) is 0.795. The molecule has 1 N–H and O–H groups in total. The van der Waals surface area contributed by atoms with Gasteiger partial charge in [0.15, 0.2) is 11.5 Å². The molecule has 1 aliphatic heterocycles. The Labute approximate surface area is 153 Å². The first-order valence-electron chi connectivity index (χ1n) is 8.42. The number of H-pyrrole nitrogens is 1. The fourth-order valence-electron chi connectivity index (χ4n) is 3.03. The summed E-state index contributed by atoms with van der Waals surface area (Å²) >= 11 is 0. The van der Waals surface area contributed by atoms with Crippen LogP contribution in [0, 0.1) is 0 Å². The Morgan fingerprint density at radius 2 is 1.93 bits per heavy atom. The van der Waals surface area contributed by atoms with E-state index in [0.717, 1.165) is 22.3 Å². The number of nitrogens with zero attached hydrogens (tertiary/aromatic N) is 1. The zero-order valence-corrected chi connectivity index (χ0v) is 14.1. The van der Waals surface area contributed by atoms with Crippen molar-refractivity contribution >= 4 is 22.9 Å². The number of aromatic amines is 1. The maximum atomic E-state index is 12.4. The predicted octanol–water partition coefficient (Wildman–Crippen LogP) is 4.27. The van der Waals surface area contributed by atoms with Crippen LogP contribution in [0.15, 0.2) is 75.0 Å². The molecular formula is C21H14N2O4. The van der Waals surface area contributed by atoms with E-state index in [-0.39, 0.29) is 6.79 Å². The second kappa shape index (κ2) is 6.17. The minimum absolute atomic E-state index is 0.188. The Morgan fingerprint density at radius 1 is 1.00 bits per heavy atom. The van der Waals surface area contributed by atoms with Gasteiger partial charge in [0, 0.05) is 11.6 Å². The molecule has 6 heteroatoms. The smallest absolute Gasteiger partial charge is 0.344 e. The van der Waals surface area contributed by atoms with E-state index in [0.29, 0.717) is 22.6 Å². The number of aromatic nitrogens is 1. The molecule has 0 bridgehead atoms. The predicted molar refractivity (Wildman–Crippen MR) is 102 cm³/mol. The van der Waals surface area contributed by atoms with Gasteiger partial charge in [-0.1, -0.05) is 6.07 Å². The zero-order valence-electron chi connectivity index (χ0n) is 14.1. The lowest BCUT2D eigenvalue weighted by atomic mass is 10.1. The first-order chi connectivity index (χ1) is 13.3. The second-order valence-corrected chi connectivity index (χ2v) is 6.12. The number of rotatable bonds is 3. The molecule has 1 aliphatic rings. The third-order valence-electron chi connectivity index (χ3n) is 4.37. The molecule has 0 saturated carbocycles. The monoisotopic (exact) mass is 358 g/mol. The highest BCUT2D eigenvalue weighted by Gasteiger charge is 2.16. The van der Waals surface area contributed by atoms with Crippen LogP contribution in [-0.4, -0.2) is 18.0 Å². The van der Waals surface area contributed by atoms with E-state index in [1.807, 2.05) is 42.6 Å². The van der Waals surface area contributed by atoms with Crippen molar-refractivity contribution in [2.24, 2.45) is 4.99 Å². The van der Waals surface area contributed by atoms with Crippen LogP contribution in [0.25, 0.3) is 22.1 Å². The Hall–Kier alpha value is -3.80. The molecule has 0 fully saturated rings. The molecule has 0 saturated heterocycles. The summed E-state index contributed by atoms with van der Waals surface area (Å²) in [5.74, 6) is 1.29. The third-order valence-corrected chi connectivity index (χ3v) is 4.37. The molecule has 4 aromatic rings. The molecular weight excluding hydrogens is 344 g/mol. The third kappa shape index (κ3) is 2.87. The minimum Gasteiger partial charge on any atom is -0.454 e. The largest absolute Gasteiger partial charge is 0.454 e. The van der Waals surface area contributed by atoms with Crippen LogP contribution >= 0.6 is 0 Å². The van der Waals surface area contributed by atoms with E-state index in [9.17, 15) is 4.79 Å². The van der Waals surface area contributed by atoms with Crippen LogP contribution in [-0.2, 0) is 0 Å². The highest BCUT2D eigenvalue weighted by atomic mass is 16.7. The molecule has 0 radical (unpaired) electrons. The van der Waals surface area contributed by atoms with E-state index in [1.54, 1.807) is 24.4 Å². The van der Waals surface area contributed by atoms with Gasteiger partial charge in [-0.2, -0.15) is 0 Å². The van der Waals surface area contributed by atoms with Gasteiger partial charge in [-0.05, 0) is 54.1 Å². The van der Waals surface area contributed by atoms with Crippen molar-refractivity contribution in [3.63, 3.8) is 0 Å². The lowest BCUT2D eigenvalue weighted by Crippen LogP contribution is -2.02. The summed E-state index contributed by atoms with van der Waals surface area (Å²) in [5.41, 5.74) is 2.98. The fourth-order valence-corrected chi connectivity index (χ4v) is 3.03. The highest BCUT2D eigenvalue weighted by molar-refractivity contribution is 5.86. The van der Waals surface area contributed by atoms with Crippen molar-refractivity contribution in [2.45, 2.75) is 0 Å². The summed E-state index contributed by atoms with van der Waals surface area (Å²) in [6.07, 6.45) is 3.59. The van der Waals surface area contributed by atoms with Crippen molar-refractivity contribution < 1.29 is 13.9 Å². The minimum atomic E-state index is -0.399. The highest BCUT2D eigenvalue weighted by Crippen LogP contribution is 2.35. The van der Waals surface area contributed by atoms with E-state index in [4.69, 9.17) is 13.9 Å². The van der Waals surface area contributed by atoms with Crippen LogP contribution in [0.2, 0.25) is 0 Å². The number of ether oxygens (including phenoxy) is 2. The molecule has 0 atom stereocenters. The average Bonchev–Trinajstić information content (AvgIpc) is 3.37. The van der Waals surface area contributed by atoms with Gasteiger partial charge in [0.1, 0.15) is 5.58 Å². The summed E-state index contributed by atoms with van der Waals surface area (Å²) in [6, 6.07) is 16.5. The summed E-state index contributed by atoms with van der Waals surface area (Å²) in [4.78, 5) is 20.0. The zero-order chi connectivity index (χ0) is 18.2. The summed E-state index contributed by atoms with van der Waals surface area (Å²) < 4.78 is 16.2. The summed E-state index contributed by atoms with van der Waals surface area (Å²) in [6.45, 7) is 0.188. The van der Waals surface area contributed by atoms with Gasteiger partial charge in [-0.15, -0.1) is 0 Å². The van der Waals surface area contributed by atoms with Crippen molar-refractivity contribution in [3.05, 3.63) is 76.9 Å². The van der Waals surface area contributed by atoms with E-state index in [2.05, 4.69) is 9.98 Å². The Balaban J connectivity index is 1.57. The number of nitrogens with one attached hydrogen (secondary N) is 1. The van der Waals surface area contributed by atoms with E-state index in [1.165, 1.54) is 0 Å². The lowest BCUT2D eigenvalue weighted by Gasteiger charge is -2.04. The maximum absolute atomic E-state index is 12.4. The molecule has 5 rings (SSSR count). The van der Waals surface area contributed by atoms with Crippen LogP contribution < -0.4 is 15.1 Å². The normalized spacial score (nSPS) is 12.9. The number of aliphatic imine (C=N–C) groups is 1. The quantitative estimate of drug-likeness (QED) is 0.438. The molecule has 2 aromatic heterocycles. The molecule has 0 spiro atoms. The number of fused-ring (bicyclic) bond motifs is 2. The number of hydrogen-bond donors (Lipinski definition) is 1. The van der Waals surface area contributed by atoms with Crippen molar-refractivity contribution in [1.82, 2.24) is 4.98 Å². The number of hydrogen-bond acceptors (Lipinski definition) is 5. The molecule has 3 heterocycles. The molecule has 132 valence electrons. The topological polar surface area (TPSA) is 76.8 Å². The molecule has 0 unspecified atom stereocenters. The fraction of sp³-hybridized carbons (Fsp3) is 0.0476. The van der Waals surface area contributed by atoms with Gasteiger partial charge in [0.05, 0.1) is 23.2 Å². The van der Waals surface area contributed by atoms with Crippen molar-refractivity contribution in [3.8, 4) is 22.6 Å². The van der Waals surface area contributed by atoms with Gasteiger partial charge in [-0.25, -0.2) is 4.79 Å². The van der Waals surface area contributed by atoms with Crippen molar-refractivity contribution in [2.75, 3.05) is 6.79 Å². The first-order valence-corrected chi connectivity index (χ1v) is 8.42. The van der Waals surface area contributed by atoms with Crippen LogP contribution in [0.4, 0.5) is 5.69 Å². The van der Waals surface area contributed by atoms with Crippen LogP contribution in [0.3, 0.4) is 0 Å². The average molecular weight is 358 g/mol. The molecule has 0 aliphatic carbocycles. The maximum Gasteiger partial charge on any atom is 0.344 e. The Bertz CT molecular complexity index is 1220. The van der Waals surface area contributed by atoms with Crippen LogP contribution in [0.5, 0.6) is 11.5 Å². The van der Waals surface area contributed by atoms with Gasteiger partial charge < -0.3 is 18.9 Å². The first kappa shape index (κ1) is 15.5. The van der Waals surface area contributed by atoms with Gasteiger partial charge in [0.25, 0.3) is 0 Å². The molecule has 2 aromatic carbocycles. The van der Waals surface area contributed by atoms with Crippen LogP contribution in [0.1, 0.15) is 5.69 Å². The number of benzene rings is 2. The molecule has 0 amide bonds. The van der Waals surface area contributed by atoms with Gasteiger partial charge in [0.2, 0.25) is 6.79 Å². The Kier molecular flexibility index (Phi) is 3.53. The van der Waals surface area contributed by atoms with Gasteiger partial charge >= 0.3 is 5.63 Å². The van der Waals surface area contributed by atoms with Gasteiger partial charge in [-0.3, -0.25) is 4.99 Å². The lowest BCUT2D eigenvalue weighted by molar-refractivity contribution is 0.174. The summed E-state index contributed by atoms with van der Waals surface area (Å²) in [7, 11) is 0. The van der Waals surface area contributed by atoms with E-state index >= 15 is 0 Å². The molecule has 6 nitrogen and oxygen atoms in total. The van der Waals surface area contributed by atoms with E-state index < -0.39 is 5.63 Å². The SMILES string of the molecule is O=c1oc2ccc(N=Cc3ccc[nH]3)cc2cc1-c1ccc2c(c1)OCO2. The standard InChI is InChI=1S/C21H14N2O4/c24-21-17(13-3-5-19-20(10-13)26-12-25-19)9-14-8-15(4-6-18(14)27-21)23-11-16-2-1-7-22-16/h1-11,22H,12H2. The molecule has 27 heavy (non-hydrogen) atoms. The second-order valence-electron chi connectivity index (χ2n) is 6.12. The Morgan fingerprint density at radius 3 is 2.81 bits per heavy atom. The van der Waals surface area contributed by atoms with Crippen molar-refractivity contribution in [1.29, 1.82) is 0 Å².